The second-order valence-electron chi connectivity index (χ2n) is 5.79. The molecule has 3 N–H and O–H groups in total. The third-order valence-electron chi connectivity index (χ3n) is 3.88. The molecule has 3 aromatic rings. The number of fused-ring (bicyclic) bond motifs is 1. The summed E-state index contributed by atoms with van der Waals surface area (Å²) in [5.74, 6) is -1.94. The second kappa shape index (κ2) is 8.54. The van der Waals surface area contributed by atoms with Crippen molar-refractivity contribution in [3.05, 3.63) is 59.7 Å². The maximum absolute atomic E-state index is 11.6. The molecule has 0 saturated carbocycles. The average molecular weight is 428 g/mol. The number of aromatic carboxylic acids is 1. The molecule has 0 aliphatic carbocycles. The molecule has 0 atom stereocenters. The van der Waals surface area contributed by atoms with Crippen LogP contribution in [0.3, 0.4) is 0 Å². The van der Waals surface area contributed by atoms with E-state index < -0.39 is 26.7 Å². The van der Waals surface area contributed by atoms with Crippen LogP contribution in [0.2, 0.25) is 0 Å². The molecule has 0 spiro atoms. The predicted molar refractivity (Wildman–Crippen MR) is 106 cm³/mol. The Morgan fingerprint density at radius 2 is 1.71 bits per heavy atom. The van der Waals surface area contributed by atoms with Crippen molar-refractivity contribution < 1.29 is 28.0 Å². The van der Waals surface area contributed by atoms with Crippen LogP contribution in [-0.4, -0.2) is 66.9 Å². The van der Waals surface area contributed by atoms with Crippen LogP contribution in [0.25, 0.3) is 10.8 Å². The molecule has 142 valence electrons. The van der Waals surface area contributed by atoms with Crippen LogP contribution in [0, 0.1) is 6.92 Å². The van der Waals surface area contributed by atoms with E-state index in [1.165, 1.54) is 18.2 Å². The normalized spacial score (nSPS) is 11.5. The summed E-state index contributed by atoms with van der Waals surface area (Å²) in [5, 5.41) is 28.2. The molecule has 0 heterocycles. The van der Waals surface area contributed by atoms with Crippen molar-refractivity contribution in [3.63, 3.8) is 0 Å². The van der Waals surface area contributed by atoms with Crippen LogP contribution in [0.1, 0.15) is 15.9 Å². The average Bonchev–Trinajstić information content (AvgIpc) is 2.60. The first kappa shape index (κ1) is 22.3. The van der Waals surface area contributed by atoms with Crippen LogP contribution in [0.4, 0.5) is 11.4 Å². The van der Waals surface area contributed by atoms with Crippen LogP contribution in [0.15, 0.2) is 63.7 Å². The van der Waals surface area contributed by atoms with Gasteiger partial charge in [0.1, 0.15) is 21.8 Å². The Morgan fingerprint density at radius 1 is 1.04 bits per heavy atom. The minimum atomic E-state index is -4.54. The van der Waals surface area contributed by atoms with Gasteiger partial charge in [0, 0.05) is 5.39 Å². The molecule has 3 aromatic carbocycles. The maximum atomic E-state index is 11.6. The van der Waals surface area contributed by atoms with E-state index in [-0.39, 0.29) is 54.7 Å². The zero-order valence-corrected chi connectivity index (χ0v) is 14.8. The summed E-state index contributed by atoms with van der Waals surface area (Å²) in [4.78, 5) is 10.9. The molecular weight excluding hydrogens is 412 g/mol. The first-order valence-electron chi connectivity index (χ1n) is 7.66. The van der Waals surface area contributed by atoms with Gasteiger partial charge in [0.05, 0.1) is 0 Å². The number of aromatic hydroxyl groups is 1. The van der Waals surface area contributed by atoms with Crippen LogP contribution in [0.5, 0.6) is 5.75 Å². The number of hydrogen-bond donors (Lipinski definition) is 3. The molecule has 0 amide bonds. The second-order valence-corrected chi connectivity index (χ2v) is 7.18. The third kappa shape index (κ3) is 4.50. The Labute approximate surface area is 190 Å². The molecular formula is C18H16CaN2O6S. The number of carboxylic acid groups (broad SMARTS) is 1. The van der Waals surface area contributed by atoms with Gasteiger partial charge in [-0.2, -0.15) is 8.42 Å². The van der Waals surface area contributed by atoms with Crippen molar-refractivity contribution in [2.24, 2.45) is 10.2 Å². The molecule has 3 rings (SSSR count). The predicted octanol–water partition coefficient (Wildman–Crippen LogP) is 3.30. The van der Waals surface area contributed by atoms with Gasteiger partial charge in [-0.05, 0) is 36.1 Å². The summed E-state index contributed by atoms with van der Waals surface area (Å²) in [6.07, 6.45) is 0. The number of carbonyl (C=O) groups is 1. The minimum absolute atomic E-state index is 0. The topological polar surface area (TPSA) is 137 Å². The fourth-order valence-electron chi connectivity index (χ4n) is 2.60. The van der Waals surface area contributed by atoms with Crippen LogP contribution in [-0.2, 0) is 10.1 Å². The van der Waals surface area contributed by atoms with E-state index in [0.717, 1.165) is 0 Å². The van der Waals surface area contributed by atoms with E-state index in [2.05, 4.69) is 10.2 Å². The molecule has 0 aromatic heterocycles. The van der Waals surface area contributed by atoms with Crippen molar-refractivity contribution in [2.45, 2.75) is 11.8 Å². The van der Waals surface area contributed by atoms with E-state index >= 15 is 0 Å². The number of nitrogens with zero attached hydrogens (tertiary/aromatic N) is 2. The molecule has 0 aliphatic rings. The Hall–Kier alpha value is -2.04. The molecule has 28 heavy (non-hydrogen) atoms. The Bertz CT molecular complexity index is 1210. The number of azo groups is 1. The first-order valence-corrected chi connectivity index (χ1v) is 9.10. The Morgan fingerprint density at radius 3 is 2.36 bits per heavy atom. The van der Waals surface area contributed by atoms with Gasteiger partial charge in [0.25, 0.3) is 10.1 Å². The van der Waals surface area contributed by atoms with Crippen molar-refractivity contribution >= 4 is 76.0 Å². The molecule has 0 bridgehead atoms. The molecule has 0 radical (unpaired) electrons. The fraction of sp³-hybridized carbons (Fsp3) is 0.0556. The molecule has 0 aliphatic heterocycles. The number of aryl methyl sites for hydroxylation is 1. The van der Waals surface area contributed by atoms with E-state index in [9.17, 15) is 28.0 Å². The summed E-state index contributed by atoms with van der Waals surface area (Å²) in [6.45, 7) is 1.64. The number of carboxylic acids is 1. The quantitative estimate of drug-likeness (QED) is 0.331. The van der Waals surface area contributed by atoms with Gasteiger partial charge >= 0.3 is 43.7 Å². The molecule has 8 nitrogen and oxygen atoms in total. The molecule has 0 unspecified atom stereocenters. The molecule has 0 saturated heterocycles. The molecule has 10 heteroatoms. The Balaban J connectivity index is 0.00000280. The van der Waals surface area contributed by atoms with Crippen molar-refractivity contribution in [1.82, 2.24) is 0 Å². The number of benzene rings is 3. The van der Waals surface area contributed by atoms with E-state index in [1.807, 2.05) is 0 Å². The van der Waals surface area contributed by atoms with Crippen LogP contribution >= 0.6 is 0 Å². The summed E-state index contributed by atoms with van der Waals surface area (Å²) >= 11 is 0. The van der Waals surface area contributed by atoms with E-state index in [1.54, 1.807) is 37.3 Å². The summed E-state index contributed by atoms with van der Waals surface area (Å²) in [7, 11) is -4.54. The van der Waals surface area contributed by atoms with Gasteiger partial charge in [-0.1, -0.05) is 30.3 Å². The monoisotopic (exact) mass is 428 g/mol. The molecule has 0 fully saturated rings. The summed E-state index contributed by atoms with van der Waals surface area (Å²) in [5.41, 5.74) is -0.0380. The number of hydrogen-bond acceptors (Lipinski definition) is 6. The zero-order valence-electron chi connectivity index (χ0n) is 14.0. The van der Waals surface area contributed by atoms with Crippen molar-refractivity contribution in [3.8, 4) is 5.75 Å². The number of phenols is 1. The Kier molecular flexibility index (Phi) is 6.79. The first-order chi connectivity index (χ1) is 12.7. The number of rotatable bonds is 4. The van der Waals surface area contributed by atoms with Gasteiger partial charge in [-0.3, -0.25) is 4.55 Å². The van der Waals surface area contributed by atoms with Crippen molar-refractivity contribution in [1.29, 1.82) is 0 Å². The van der Waals surface area contributed by atoms with E-state index in [0.29, 0.717) is 16.3 Å². The third-order valence-corrected chi connectivity index (χ3v) is 4.76. The van der Waals surface area contributed by atoms with Gasteiger partial charge in [-0.15, -0.1) is 10.2 Å². The zero-order chi connectivity index (χ0) is 19.8. The van der Waals surface area contributed by atoms with Crippen LogP contribution < -0.4 is 0 Å². The van der Waals surface area contributed by atoms with E-state index in [4.69, 9.17) is 0 Å². The van der Waals surface area contributed by atoms with Gasteiger partial charge in [0.15, 0.2) is 5.75 Å². The van der Waals surface area contributed by atoms with Gasteiger partial charge in [0.2, 0.25) is 0 Å². The summed E-state index contributed by atoms with van der Waals surface area (Å²) in [6, 6.07) is 12.1. The standard InChI is InChI=1S/C18H14N2O6S.Ca.2H/c1-10-6-7-14(15(8-10)27(24,25)26)19-20-16-12-5-3-2-4-11(12)9-13(17(16)21)18(22)23;;;/h2-9,21H,1H3,(H,22,23)(H,24,25,26);;;/b20-19+;;;. The SMILES string of the molecule is Cc1ccc(/N=N/c2c(O)c(C(=O)O)cc3ccccc23)c(S(=O)(=O)O)c1.[CaH2]. The fourth-order valence-corrected chi connectivity index (χ4v) is 3.30. The van der Waals surface area contributed by atoms with Gasteiger partial charge < -0.3 is 10.2 Å². The van der Waals surface area contributed by atoms with Crippen molar-refractivity contribution in [2.75, 3.05) is 0 Å². The summed E-state index contributed by atoms with van der Waals surface area (Å²) < 4.78 is 32.5. The van der Waals surface area contributed by atoms with Gasteiger partial charge in [-0.25, -0.2) is 4.79 Å².